The van der Waals surface area contributed by atoms with Gasteiger partial charge in [-0.1, -0.05) is 18.2 Å². The molecule has 4 aromatic heterocycles. The van der Waals surface area contributed by atoms with Gasteiger partial charge in [0.1, 0.15) is 11.6 Å². The number of ether oxygens (including phenoxy) is 1. The van der Waals surface area contributed by atoms with Crippen molar-refractivity contribution >= 4 is 33.1 Å². The number of benzene rings is 2. The van der Waals surface area contributed by atoms with E-state index in [1.165, 1.54) is 41.8 Å². The van der Waals surface area contributed by atoms with Crippen molar-refractivity contribution in [2.24, 2.45) is 0 Å². The van der Waals surface area contributed by atoms with Crippen molar-refractivity contribution in [2.45, 2.75) is 13.1 Å². The second-order valence-corrected chi connectivity index (χ2v) is 9.95. The Bertz CT molecular complexity index is 1900. The summed E-state index contributed by atoms with van der Waals surface area (Å²) in [7, 11) is 0. The smallest absolute Gasteiger partial charge is 0.434 e. The number of aryl methyl sites for hydroxylation is 1. The van der Waals surface area contributed by atoms with E-state index in [4.69, 9.17) is 4.74 Å². The average molecular weight is 579 g/mol. The zero-order valence-electron chi connectivity index (χ0n) is 21.0. The number of fused-ring (bicyclic) bond motifs is 1. The highest BCUT2D eigenvalue weighted by Gasteiger charge is 2.40. The number of anilines is 1. The second kappa shape index (κ2) is 10.2. The van der Waals surface area contributed by atoms with E-state index in [0.717, 1.165) is 22.8 Å². The number of nitrogens with zero attached hydrogens (tertiary/aromatic N) is 4. The molecule has 2 N–H and O–H groups in total. The molecule has 0 aliphatic heterocycles. The summed E-state index contributed by atoms with van der Waals surface area (Å²) in [4.78, 5) is 25.5. The molecule has 0 saturated carbocycles. The summed E-state index contributed by atoms with van der Waals surface area (Å²) in [6, 6.07) is 14.6. The maximum absolute atomic E-state index is 15.1. The van der Waals surface area contributed by atoms with Gasteiger partial charge in [0.15, 0.2) is 17.3 Å². The van der Waals surface area contributed by atoms with Gasteiger partial charge in [0.05, 0.1) is 32.5 Å². The van der Waals surface area contributed by atoms with Crippen LogP contribution in [0.2, 0.25) is 0 Å². The fourth-order valence-electron chi connectivity index (χ4n) is 4.18. The molecule has 8 nitrogen and oxygen atoms in total. The lowest BCUT2D eigenvalue weighted by molar-refractivity contribution is -0.143. The number of halogens is 4. The lowest BCUT2D eigenvalue weighted by atomic mass is 10.2. The molecule has 0 radical (unpaired) electrons. The minimum atomic E-state index is -4.88. The number of carbonyl (C=O) groups excluding carboxylic acids is 1. The highest BCUT2D eigenvalue weighted by Crippen LogP contribution is 2.39. The van der Waals surface area contributed by atoms with Crippen LogP contribution in [-0.2, 0) is 6.18 Å². The summed E-state index contributed by atoms with van der Waals surface area (Å²) in [6.45, 7) is 1.89. The SMILES string of the molecule is Cc1cnc(-c2cc3nccc(Oc4ccc(NC(=O)c5cnn(-c6ccccc6)c5C(F)(F)F)cc4F)c3s2)[nH]1. The standard InChI is InChI=1S/C28H18F4N6O2S/c1-15-13-34-26(36-15)23-12-20-24(41-23)22(9-10-33-20)40-21-8-7-16(11-19(21)29)37-27(39)18-14-35-38(25(18)28(30,31)32)17-5-3-2-4-6-17/h2-14H,1H3,(H,34,36)(H,37,39). The van der Waals surface area contributed by atoms with E-state index in [1.807, 2.05) is 13.0 Å². The molecule has 0 aliphatic carbocycles. The Balaban J connectivity index is 1.24. The molecule has 41 heavy (non-hydrogen) atoms. The molecular weight excluding hydrogens is 560 g/mol. The normalized spacial score (nSPS) is 11.6. The number of pyridine rings is 1. The number of H-pyrrole nitrogens is 1. The Morgan fingerprint density at radius 1 is 1.02 bits per heavy atom. The number of aromatic amines is 1. The highest BCUT2D eigenvalue weighted by molar-refractivity contribution is 7.22. The molecule has 0 spiro atoms. The number of rotatable bonds is 6. The molecule has 0 fully saturated rings. The number of amides is 1. The lowest BCUT2D eigenvalue weighted by Crippen LogP contribution is -2.20. The van der Waals surface area contributed by atoms with Gasteiger partial charge in [0, 0.05) is 35.9 Å². The number of thiophene rings is 1. The van der Waals surface area contributed by atoms with Crippen LogP contribution in [0, 0.1) is 12.7 Å². The van der Waals surface area contributed by atoms with Gasteiger partial charge in [-0.15, -0.1) is 11.3 Å². The summed E-state index contributed by atoms with van der Waals surface area (Å²) in [5, 5.41) is 6.09. The topological polar surface area (TPSA) is 97.7 Å². The number of imidazole rings is 1. The Morgan fingerprint density at radius 3 is 2.54 bits per heavy atom. The summed E-state index contributed by atoms with van der Waals surface area (Å²) in [5.74, 6) is -1.05. The molecule has 6 aromatic rings. The van der Waals surface area contributed by atoms with Crippen molar-refractivity contribution in [2.75, 3.05) is 5.32 Å². The minimum absolute atomic E-state index is 0.0630. The quantitative estimate of drug-likeness (QED) is 0.201. The molecule has 13 heteroatoms. The van der Waals surface area contributed by atoms with E-state index in [2.05, 4.69) is 25.4 Å². The zero-order chi connectivity index (χ0) is 28.7. The Kier molecular flexibility index (Phi) is 6.50. The summed E-state index contributed by atoms with van der Waals surface area (Å²) in [5.41, 5.74) is -0.348. The van der Waals surface area contributed by atoms with Gasteiger partial charge in [0.25, 0.3) is 5.91 Å². The van der Waals surface area contributed by atoms with Crippen LogP contribution < -0.4 is 10.1 Å². The molecule has 6 rings (SSSR count). The number of hydrogen-bond donors (Lipinski definition) is 2. The Hall–Kier alpha value is -5.04. The van der Waals surface area contributed by atoms with E-state index in [0.29, 0.717) is 26.5 Å². The van der Waals surface area contributed by atoms with Crippen molar-refractivity contribution < 1.29 is 27.1 Å². The predicted molar refractivity (Wildman–Crippen MR) is 145 cm³/mol. The molecule has 0 bridgehead atoms. The number of alkyl halides is 3. The van der Waals surface area contributed by atoms with Crippen molar-refractivity contribution in [3.63, 3.8) is 0 Å². The van der Waals surface area contributed by atoms with Crippen LogP contribution in [0.3, 0.4) is 0 Å². The maximum Gasteiger partial charge on any atom is 0.434 e. The maximum atomic E-state index is 15.1. The van der Waals surface area contributed by atoms with Gasteiger partial charge in [0.2, 0.25) is 0 Å². The lowest BCUT2D eigenvalue weighted by Gasteiger charge is -2.13. The van der Waals surface area contributed by atoms with E-state index in [9.17, 15) is 18.0 Å². The van der Waals surface area contributed by atoms with Crippen LogP contribution in [0.4, 0.5) is 23.2 Å². The predicted octanol–water partition coefficient (Wildman–Crippen LogP) is 7.38. The molecule has 0 unspecified atom stereocenters. The first kappa shape index (κ1) is 26.2. The second-order valence-electron chi connectivity index (χ2n) is 8.90. The third-order valence-electron chi connectivity index (χ3n) is 6.00. The average Bonchev–Trinajstić information content (AvgIpc) is 3.68. The van der Waals surface area contributed by atoms with Gasteiger partial charge < -0.3 is 15.0 Å². The molecular formula is C28H18F4N6O2S. The van der Waals surface area contributed by atoms with Gasteiger partial charge >= 0.3 is 6.18 Å². The summed E-state index contributed by atoms with van der Waals surface area (Å²) in [6.07, 6.45) is -0.816. The Morgan fingerprint density at radius 2 is 1.83 bits per heavy atom. The van der Waals surface area contributed by atoms with Crippen LogP contribution in [-0.4, -0.2) is 30.6 Å². The van der Waals surface area contributed by atoms with Gasteiger partial charge in [-0.05, 0) is 37.3 Å². The zero-order valence-corrected chi connectivity index (χ0v) is 21.8. The van der Waals surface area contributed by atoms with Crippen LogP contribution >= 0.6 is 11.3 Å². The summed E-state index contributed by atoms with van der Waals surface area (Å²) < 4.78 is 64.0. The number of para-hydroxylation sites is 1. The van der Waals surface area contributed by atoms with Crippen LogP contribution in [0.5, 0.6) is 11.5 Å². The number of carbonyl (C=O) groups is 1. The number of nitrogens with one attached hydrogen (secondary N) is 2. The first-order valence-electron chi connectivity index (χ1n) is 12.1. The largest absolute Gasteiger partial charge is 0.453 e. The molecule has 2 aromatic carbocycles. The minimum Gasteiger partial charge on any atom is -0.453 e. The molecule has 0 atom stereocenters. The Labute approximate surface area is 233 Å². The molecule has 1 amide bonds. The third-order valence-corrected chi connectivity index (χ3v) is 7.15. The third kappa shape index (κ3) is 5.14. The van der Waals surface area contributed by atoms with Gasteiger partial charge in [-0.2, -0.15) is 18.3 Å². The molecule has 0 aliphatic rings. The van der Waals surface area contributed by atoms with Gasteiger partial charge in [-0.25, -0.2) is 14.1 Å². The van der Waals surface area contributed by atoms with Crippen molar-refractivity contribution in [1.82, 2.24) is 24.7 Å². The van der Waals surface area contributed by atoms with Crippen molar-refractivity contribution in [1.29, 1.82) is 0 Å². The summed E-state index contributed by atoms with van der Waals surface area (Å²) >= 11 is 1.37. The van der Waals surface area contributed by atoms with Crippen LogP contribution in [0.25, 0.3) is 26.6 Å². The van der Waals surface area contributed by atoms with E-state index >= 15 is 4.39 Å². The number of hydrogen-bond acceptors (Lipinski definition) is 6. The van der Waals surface area contributed by atoms with E-state index in [-0.39, 0.29) is 17.1 Å². The van der Waals surface area contributed by atoms with E-state index in [1.54, 1.807) is 30.5 Å². The number of aromatic nitrogens is 5. The van der Waals surface area contributed by atoms with E-state index < -0.39 is 29.2 Å². The first-order chi connectivity index (χ1) is 19.7. The van der Waals surface area contributed by atoms with Crippen molar-refractivity contribution in [3.8, 4) is 27.9 Å². The monoisotopic (exact) mass is 578 g/mol. The fourth-order valence-corrected chi connectivity index (χ4v) is 5.20. The van der Waals surface area contributed by atoms with Crippen molar-refractivity contribution in [3.05, 3.63) is 102 Å². The fraction of sp³-hybridized carbons (Fsp3) is 0.0714. The van der Waals surface area contributed by atoms with Crippen LogP contribution in [0.15, 0.2) is 79.3 Å². The molecule has 0 saturated heterocycles. The van der Waals surface area contributed by atoms with Gasteiger partial charge in [-0.3, -0.25) is 9.78 Å². The molecule has 206 valence electrons. The molecule has 4 heterocycles. The highest BCUT2D eigenvalue weighted by atomic mass is 32.1. The first-order valence-corrected chi connectivity index (χ1v) is 12.9. The van der Waals surface area contributed by atoms with Crippen LogP contribution in [0.1, 0.15) is 21.7 Å².